The van der Waals surface area contributed by atoms with Crippen LogP contribution in [-0.4, -0.2) is 33.3 Å². The predicted molar refractivity (Wildman–Crippen MR) is 81.7 cm³/mol. The smallest absolute Gasteiger partial charge is 0.224 e. The first-order chi connectivity index (χ1) is 10.1. The van der Waals surface area contributed by atoms with Gasteiger partial charge in [-0.3, -0.25) is 4.79 Å². The molecule has 0 saturated carbocycles. The van der Waals surface area contributed by atoms with Crippen molar-refractivity contribution in [1.29, 1.82) is 0 Å². The maximum Gasteiger partial charge on any atom is 0.224 e. The zero-order valence-electron chi connectivity index (χ0n) is 13.1. The van der Waals surface area contributed by atoms with Gasteiger partial charge in [-0.2, -0.15) is 0 Å². The van der Waals surface area contributed by atoms with Gasteiger partial charge in [0.1, 0.15) is 11.6 Å². The number of amides is 1. The van der Waals surface area contributed by atoms with Gasteiger partial charge in [-0.05, 0) is 26.2 Å². The first kappa shape index (κ1) is 15.9. The van der Waals surface area contributed by atoms with Crippen molar-refractivity contribution in [1.82, 2.24) is 20.1 Å². The van der Waals surface area contributed by atoms with Crippen LogP contribution in [0.15, 0.2) is 0 Å². The molecule has 6 heteroatoms. The Morgan fingerprint density at radius 2 is 2.14 bits per heavy atom. The number of aromatic nitrogens is 3. The van der Waals surface area contributed by atoms with Gasteiger partial charge in [0.15, 0.2) is 0 Å². The summed E-state index contributed by atoms with van der Waals surface area (Å²) in [6.45, 7) is 5.41. The minimum atomic E-state index is -0.144. The van der Waals surface area contributed by atoms with E-state index in [1.54, 1.807) is 0 Å². The fourth-order valence-electron chi connectivity index (χ4n) is 2.59. The molecule has 21 heavy (non-hydrogen) atoms. The van der Waals surface area contributed by atoms with Crippen molar-refractivity contribution in [2.75, 3.05) is 6.54 Å². The lowest BCUT2D eigenvalue weighted by Gasteiger charge is -2.15. The Labute approximate surface area is 126 Å². The zero-order valence-corrected chi connectivity index (χ0v) is 13.1. The van der Waals surface area contributed by atoms with E-state index in [2.05, 4.69) is 20.1 Å². The van der Waals surface area contributed by atoms with Crippen molar-refractivity contribution >= 4 is 5.91 Å². The molecule has 6 nitrogen and oxygen atoms in total. The minimum Gasteiger partial charge on any atom is -0.356 e. The third kappa shape index (κ3) is 4.27. The summed E-state index contributed by atoms with van der Waals surface area (Å²) in [6, 6.07) is -0.114. The highest BCUT2D eigenvalue weighted by atomic mass is 16.1. The standard InChI is InChI=1S/C15H27N5O/c1-11(12(2)16)15(21)17-9-6-8-14-19-18-13-7-4-3-5-10-20(13)14/h11-12H,3-10,16H2,1-2H3,(H,17,21). The van der Waals surface area contributed by atoms with Crippen molar-refractivity contribution in [2.45, 2.75) is 65.0 Å². The largest absolute Gasteiger partial charge is 0.356 e. The fourth-order valence-corrected chi connectivity index (χ4v) is 2.59. The SMILES string of the molecule is CC(N)C(C)C(=O)NCCCc1nnc2n1CCCCC2. The van der Waals surface area contributed by atoms with Crippen LogP contribution in [0.25, 0.3) is 0 Å². The van der Waals surface area contributed by atoms with Crippen molar-refractivity contribution in [3.8, 4) is 0 Å². The van der Waals surface area contributed by atoms with Gasteiger partial charge in [0.25, 0.3) is 0 Å². The lowest BCUT2D eigenvalue weighted by molar-refractivity contribution is -0.124. The number of aryl methyl sites for hydroxylation is 2. The Hall–Kier alpha value is -1.43. The number of carbonyl (C=O) groups excluding carboxylic acids is 1. The summed E-state index contributed by atoms with van der Waals surface area (Å²) in [5.74, 6) is 2.07. The van der Waals surface area contributed by atoms with Gasteiger partial charge >= 0.3 is 0 Å². The molecule has 0 fully saturated rings. The molecule has 1 aliphatic heterocycles. The molecule has 118 valence electrons. The van der Waals surface area contributed by atoms with E-state index in [0.717, 1.165) is 37.5 Å². The summed E-state index contributed by atoms with van der Waals surface area (Å²) in [5.41, 5.74) is 5.73. The average Bonchev–Trinajstić information content (AvgIpc) is 2.70. The van der Waals surface area contributed by atoms with Crippen molar-refractivity contribution < 1.29 is 4.79 Å². The molecule has 2 rings (SSSR count). The van der Waals surface area contributed by atoms with Gasteiger partial charge in [0.05, 0.1) is 0 Å². The Morgan fingerprint density at radius 3 is 2.90 bits per heavy atom. The second kappa shape index (κ2) is 7.54. The molecule has 2 unspecified atom stereocenters. The number of nitrogens with one attached hydrogen (secondary N) is 1. The molecule has 0 spiro atoms. The van der Waals surface area contributed by atoms with E-state index < -0.39 is 0 Å². The van der Waals surface area contributed by atoms with Crippen LogP contribution in [0.4, 0.5) is 0 Å². The maximum atomic E-state index is 11.8. The lowest BCUT2D eigenvalue weighted by Crippen LogP contribution is -2.39. The van der Waals surface area contributed by atoms with E-state index in [9.17, 15) is 4.79 Å². The molecule has 0 aliphatic carbocycles. The molecule has 0 saturated heterocycles. The first-order valence-corrected chi connectivity index (χ1v) is 8.04. The average molecular weight is 293 g/mol. The van der Waals surface area contributed by atoms with Gasteiger partial charge in [-0.25, -0.2) is 0 Å². The number of hydrogen-bond donors (Lipinski definition) is 2. The third-order valence-electron chi connectivity index (χ3n) is 4.26. The summed E-state index contributed by atoms with van der Waals surface area (Å²) in [6.07, 6.45) is 6.48. The second-order valence-corrected chi connectivity index (χ2v) is 6.04. The van der Waals surface area contributed by atoms with E-state index in [1.165, 1.54) is 19.3 Å². The molecule has 0 aromatic carbocycles. The van der Waals surface area contributed by atoms with Crippen LogP contribution in [0.5, 0.6) is 0 Å². The molecule has 0 bridgehead atoms. The van der Waals surface area contributed by atoms with Crippen LogP contribution >= 0.6 is 0 Å². The van der Waals surface area contributed by atoms with E-state index in [4.69, 9.17) is 5.73 Å². The minimum absolute atomic E-state index is 0.0325. The van der Waals surface area contributed by atoms with Crippen molar-refractivity contribution in [2.24, 2.45) is 11.7 Å². The summed E-state index contributed by atoms with van der Waals surface area (Å²) in [5, 5.41) is 11.5. The number of fused-ring (bicyclic) bond motifs is 1. The van der Waals surface area contributed by atoms with Gasteiger partial charge < -0.3 is 15.6 Å². The highest BCUT2D eigenvalue weighted by Gasteiger charge is 2.17. The molecule has 3 N–H and O–H groups in total. The molecule has 1 aromatic rings. The molecule has 1 amide bonds. The fraction of sp³-hybridized carbons (Fsp3) is 0.800. The molecule has 2 atom stereocenters. The maximum absolute atomic E-state index is 11.8. The van der Waals surface area contributed by atoms with Gasteiger partial charge in [-0.1, -0.05) is 13.3 Å². The lowest BCUT2D eigenvalue weighted by atomic mass is 10.0. The van der Waals surface area contributed by atoms with Crippen LogP contribution in [0.2, 0.25) is 0 Å². The van der Waals surface area contributed by atoms with E-state index in [-0.39, 0.29) is 17.9 Å². The van der Waals surface area contributed by atoms with Crippen molar-refractivity contribution in [3.63, 3.8) is 0 Å². The normalized spacial score (nSPS) is 17.7. The Balaban J connectivity index is 1.77. The van der Waals surface area contributed by atoms with Crippen molar-refractivity contribution in [3.05, 3.63) is 11.6 Å². The molecule has 0 radical (unpaired) electrons. The van der Waals surface area contributed by atoms with Gasteiger partial charge in [-0.15, -0.1) is 10.2 Å². The summed E-state index contributed by atoms with van der Waals surface area (Å²) < 4.78 is 2.26. The summed E-state index contributed by atoms with van der Waals surface area (Å²) in [4.78, 5) is 11.8. The molecular formula is C15H27N5O. The predicted octanol–water partition coefficient (Wildman–Crippen LogP) is 1.04. The summed E-state index contributed by atoms with van der Waals surface area (Å²) in [7, 11) is 0. The van der Waals surface area contributed by atoms with Crippen LogP contribution in [0.3, 0.4) is 0 Å². The topological polar surface area (TPSA) is 85.8 Å². The zero-order chi connectivity index (χ0) is 15.2. The first-order valence-electron chi connectivity index (χ1n) is 8.04. The van der Waals surface area contributed by atoms with E-state index >= 15 is 0 Å². The van der Waals surface area contributed by atoms with Crippen LogP contribution < -0.4 is 11.1 Å². The van der Waals surface area contributed by atoms with Gasteiger partial charge in [0.2, 0.25) is 5.91 Å². The van der Waals surface area contributed by atoms with Gasteiger partial charge in [0, 0.05) is 37.9 Å². The molecular weight excluding hydrogens is 266 g/mol. The number of hydrogen-bond acceptors (Lipinski definition) is 4. The molecule has 2 heterocycles. The molecule has 1 aromatic heterocycles. The Kier molecular flexibility index (Phi) is 5.73. The summed E-state index contributed by atoms with van der Waals surface area (Å²) >= 11 is 0. The van der Waals surface area contributed by atoms with Crippen LogP contribution in [-0.2, 0) is 24.2 Å². The number of nitrogens with two attached hydrogens (primary N) is 1. The highest BCUT2D eigenvalue weighted by molar-refractivity contribution is 5.78. The third-order valence-corrected chi connectivity index (χ3v) is 4.26. The monoisotopic (exact) mass is 293 g/mol. The van der Waals surface area contributed by atoms with Crippen LogP contribution in [0.1, 0.15) is 51.2 Å². The number of nitrogens with zero attached hydrogens (tertiary/aromatic N) is 3. The number of rotatable bonds is 6. The Bertz CT molecular complexity index is 469. The van der Waals surface area contributed by atoms with E-state index in [0.29, 0.717) is 6.54 Å². The quantitative estimate of drug-likeness (QED) is 0.767. The van der Waals surface area contributed by atoms with E-state index in [1.807, 2.05) is 13.8 Å². The second-order valence-electron chi connectivity index (χ2n) is 6.04. The van der Waals surface area contributed by atoms with Crippen LogP contribution in [0, 0.1) is 5.92 Å². The highest BCUT2D eigenvalue weighted by Crippen LogP contribution is 2.15. The number of carbonyl (C=O) groups is 1. The molecule has 1 aliphatic rings. The Morgan fingerprint density at radius 1 is 1.33 bits per heavy atom.